The van der Waals surface area contributed by atoms with E-state index in [1.54, 1.807) is 13.8 Å². The molecule has 0 bridgehead atoms. The predicted octanol–water partition coefficient (Wildman–Crippen LogP) is 2.49. The van der Waals surface area contributed by atoms with Crippen LogP contribution in [0, 0.1) is 10.1 Å². The van der Waals surface area contributed by atoms with Gasteiger partial charge >= 0.3 is 0 Å². The minimum Gasteiger partial charge on any atom is -0.306 e. The number of nitro groups is 1. The predicted molar refractivity (Wildman–Crippen MR) is 131 cm³/mol. The molecule has 0 saturated carbocycles. The van der Waals surface area contributed by atoms with E-state index in [9.17, 15) is 31.7 Å². The zero-order chi connectivity index (χ0) is 26.3. The van der Waals surface area contributed by atoms with Crippen molar-refractivity contribution in [1.29, 1.82) is 0 Å². The summed E-state index contributed by atoms with van der Waals surface area (Å²) in [5.41, 5.74) is 1.03. The van der Waals surface area contributed by atoms with Crippen molar-refractivity contribution >= 4 is 37.3 Å². The average Bonchev–Trinajstić information content (AvgIpc) is 3.31. The second kappa shape index (κ2) is 9.44. The summed E-state index contributed by atoms with van der Waals surface area (Å²) in [6.07, 6.45) is 0. The van der Waals surface area contributed by atoms with Crippen molar-refractivity contribution in [3.8, 4) is 5.69 Å². The fourth-order valence-corrected chi connectivity index (χ4v) is 6.90. The van der Waals surface area contributed by atoms with Gasteiger partial charge in [-0.05, 0) is 36.4 Å². The van der Waals surface area contributed by atoms with E-state index in [0.717, 1.165) is 0 Å². The first-order valence-electron chi connectivity index (χ1n) is 10.9. The molecule has 2 heterocycles. The van der Waals surface area contributed by atoms with Gasteiger partial charge in [-0.3, -0.25) is 14.9 Å². The van der Waals surface area contributed by atoms with Gasteiger partial charge in [-0.15, -0.1) is 0 Å². The first kappa shape index (κ1) is 25.5. The number of sulfonamides is 1. The lowest BCUT2D eigenvalue weighted by molar-refractivity contribution is -0.384. The quantitative estimate of drug-likeness (QED) is 0.341. The highest BCUT2D eigenvalue weighted by Crippen LogP contribution is 2.33. The molecule has 0 unspecified atom stereocenters. The summed E-state index contributed by atoms with van der Waals surface area (Å²) in [7, 11) is -7.12. The summed E-state index contributed by atoms with van der Waals surface area (Å²) in [6, 6.07) is 10.9. The number of hydrogen-bond donors (Lipinski definition) is 1. The van der Waals surface area contributed by atoms with E-state index in [4.69, 9.17) is 0 Å². The molecule has 0 aliphatic carbocycles. The Hall–Kier alpha value is -3.62. The van der Waals surface area contributed by atoms with E-state index in [0.29, 0.717) is 24.3 Å². The van der Waals surface area contributed by atoms with E-state index in [1.807, 2.05) is 0 Å². The molecule has 4 rings (SSSR count). The van der Waals surface area contributed by atoms with Crippen LogP contribution in [-0.2, 0) is 31.4 Å². The number of benzene rings is 2. The van der Waals surface area contributed by atoms with Crippen LogP contribution in [-0.4, -0.2) is 54.8 Å². The third-order valence-electron chi connectivity index (χ3n) is 5.78. The molecule has 1 amide bonds. The summed E-state index contributed by atoms with van der Waals surface area (Å²) < 4.78 is 52.4. The number of fused-ring (bicyclic) bond motifs is 1. The average molecular weight is 534 g/mol. The Morgan fingerprint density at radius 1 is 1.08 bits per heavy atom. The number of carbonyl (C=O) groups excluding carboxylic acids is 1. The Morgan fingerprint density at radius 3 is 2.25 bits per heavy atom. The molecular weight excluding hydrogens is 510 g/mol. The second-order valence-corrected chi connectivity index (χ2v) is 12.1. The van der Waals surface area contributed by atoms with Crippen molar-refractivity contribution < 1.29 is 26.6 Å². The maximum atomic E-state index is 13.1. The standard InChI is InChI=1S/C22H23N5O7S2/c1-3-25(4-2)36(33,34)18-11-5-15(6-12-18)22(28)23-21-19-13-35(31,32)14-20(19)24-26(21)16-7-9-17(10-8-16)27(29)30/h5-12H,3-4,13-14H2,1-2H3,(H,23,28). The van der Waals surface area contributed by atoms with Crippen molar-refractivity contribution in [1.82, 2.24) is 14.1 Å². The normalized spacial score (nSPS) is 14.5. The van der Waals surface area contributed by atoms with Crippen molar-refractivity contribution in [2.75, 3.05) is 18.4 Å². The number of carbonyl (C=O) groups is 1. The van der Waals surface area contributed by atoms with Gasteiger partial charge < -0.3 is 5.32 Å². The zero-order valence-electron chi connectivity index (χ0n) is 19.4. The molecule has 0 radical (unpaired) electrons. The fourth-order valence-electron chi connectivity index (χ4n) is 3.94. The highest BCUT2D eigenvalue weighted by Gasteiger charge is 2.33. The second-order valence-electron chi connectivity index (χ2n) is 8.06. The maximum absolute atomic E-state index is 13.1. The molecule has 2 aromatic carbocycles. The van der Waals surface area contributed by atoms with E-state index in [2.05, 4.69) is 10.4 Å². The molecule has 0 atom stereocenters. The van der Waals surface area contributed by atoms with Crippen LogP contribution < -0.4 is 5.32 Å². The molecule has 190 valence electrons. The molecule has 14 heteroatoms. The number of rotatable bonds is 8. The van der Waals surface area contributed by atoms with Crippen LogP contribution in [0.2, 0.25) is 0 Å². The number of nitrogens with one attached hydrogen (secondary N) is 1. The number of sulfone groups is 1. The molecular formula is C22H23N5O7S2. The first-order valence-corrected chi connectivity index (χ1v) is 14.2. The Balaban J connectivity index is 1.67. The number of hydrogen-bond acceptors (Lipinski definition) is 8. The van der Waals surface area contributed by atoms with E-state index in [1.165, 1.54) is 57.5 Å². The van der Waals surface area contributed by atoms with Crippen molar-refractivity contribution in [3.05, 3.63) is 75.5 Å². The molecule has 1 aliphatic rings. The van der Waals surface area contributed by atoms with Crippen LogP contribution in [0.15, 0.2) is 53.4 Å². The van der Waals surface area contributed by atoms with Crippen LogP contribution in [0.1, 0.15) is 35.5 Å². The zero-order valence-corrected chi connectivity index (χ0v) is 21.0. The van der Waals surface area contributed by atoms with E-state index in [-0.39, 0.29) is 39.2 Å². The smallest absolute Gasteiger partial charge is 0.269 e. The number of amides is 1. The molecule has 12 nitrogen and oxygen atoms in total. The lowest BCUT2D eigenvalue weighted by atomic mass is 10.2. The van der Waals surface area contributed by atoms with Crippen LogP contribution in [0.5, 0.6) is 0 Å². The van der Waals surface area contributed by atoms with Gasteiger partial charge in [0, 0.05) is 36.3 Å². The maximum Gasteiger partial charge on any atom is 0.269 e. The highest BCUT2D eigenvalue weighted by molar-refractivity contribution is 7.90. The molecule has 0 saturated heterocycles. The van der Waals surface area contributed by atoms with Gasteiger partial charge in [0.1, 0.15) is 5.82 Å². The topological polar surface area (TPSA) is 162 Å². The Bertz CT molecular complexity index is 1540. The van der Waals surface area contributed by atoms with Gasteiger partial charge in [-0.2, -0.15) is 9.40 Å². The van der Waals surface area contributed by atoms with Crippen molar-refractivity contribution in [3.63, 3.8) is 0 Å². The molecule has 36 heavy (non-hydrogen) atoms. The largest absolute Gasteiger partial charge is 0.306 e. The number of non-ortho nitro benzene ring substituents is 1. The minimum absolute atomic E-state index is 0.0469. The molecule has 1 aromatic heterocycles. The number of anilines is 1. The van der Waals surface area contributed by atoms with Gasteiger partial charge in [0.2, 0.25) is 10.0 Å². The van der Waals surface area contributed by atoms with Gasteiger partial charge in [0.15, 0.2) is 9.84 Å². The lowest BCUT2D eigenvalue weighted by Crippen LogP contribution is -2.30. The van der Waals surface area contributed by atoms with Crippen LogP contribution in [0.25, 0.3) is 5.69 Å². The summed E-state index contributed by atoms with van der Waals surface area (Å²) in [5.74, 6) is -1.07. The summed E-state index contributed by atoms with van der Waals surface area (Å²) >= 11 is 0. The molecule has 0 spiro atoms. The SMILES string of the molecule is CCN(CC)S(=O)(=O)c1ccc(C(=O)Nc2c3c(nn2-c2ccc([N+](=O)[O-])cc2)CS(=O)(=O)C3)cc1. The Kier molecular flexibility index (Phi) is 6.68. The molecule has 0 fully saturated rings. The van der Waals surface area contributed by atoms with Crippen LogP contribution in [0.3, 0.4) is 0 Å². The summed E-state index contributed by atoms with van der Waals surface area (Å²) in [4.78, 5) is 23.5. The van der Waals surface area contributed by atoms with Crippen molar-refractivity contribution in [2.45, 2.75) is 30.2 Å². The third kappa shape index (κ3) is 4.74. The van der Waals surface area contributed by atoms with Crippen LogP contribution >= 0.6 is 0 Å². The Morgan fingerprint density at radius 2 is 1.69 bits per heavy atom. The molecule has 3 aromatic rings. The Labute approximate surface area is 207 Å². The molecule has 1 aliphatic heterocycles. The minimum atomic E-state index is -3.69. The van der Waals surface area contributed by atoms with Gasteiger partial charge in [0.05, 0.1) is 32.7 Å². The highest BCUT2D eigenvalue weighted by atomic mass is 32.2. The number of aromatic nitrogens is 2. The lowest BCUT2D eigenvalue weighted by Gasteiger charge is -2.18. The first-order chi connectivity index (χ1) is 17.0. The number of nitrogens with zero attached hydrogens (tertiary/aromatic N) is 4. The van der Waals surface area contributed by atoms with Crippen LogP contribution in [0.4, 0.5) is 11.5 Å². The van der Waals surface area contributed by atoms with E-state index < -0.39 is 30.7 Å². The van der Waals surface area contributed by atoms with E-state index >= 15 is 0 Å². The third-order valence-corrected chi connectivity index (χ3v) is 9.29. The van der Waals surface area contributed by atoms with Crippen molar-refractivity contribution in [2.24, 2.45) is 0 Å². The fraction of sp³-hybridized carbons (Fsp3) is 0.273. The monoisotopic (exact) mass is 533 g/mol. The molecule has 1 N–H and O–H groups in total. The van der Waals surface area contributed by atoms with Gasteiger partial charge in [0.25, 0.3) is 11.6 Å². The number of nitro benzene ring substituents is 1. The summed E-state index contributed by atoms with van der Waals surface area (Å²) in [6.45, 7) is 4.08. The van der Waals surface area contributed by atoms with Gasteiger partial charge in [-0.25, -0.2) is 21.5 Å². The summed E-state index contributed by atoms with van der Waals surface area (Å²) in [5, 5.41) is 18.0. The van der Waals surface area contributed by atoms with Gasteiger partial charge in [-0.1, -0.05) is 13.8 Å².